The van der Waals surface area contributed by atoms with Crippen molar-refractivity contribution >= 4 is 17.2 Å². The van der Waals surface area contributed by atoms with Crippen LogP contribution in [-0.4, -0.2) is 11.3 Å². The van der Waals surface area contributed by atoms with Crippen molar-refractivity contribution in [2.75, 3.05) is 0 Å². The minimum atomic E-state index is -0.276. The molecule has 1 aromatic heterocycles. The van der Waals surface area contributed by atoms with Crippen LogP contribution in [0.1, 0.15) is 16.1 Å². The van der Waals surface area contributed by atoms with Crippen molar-refractivity contribution in [3.05, 3.63) is 35.3 Å². The van der Waals surface area contributed by atoms with Gasteiger partial charge in [0.1, 0.15) is 5.82 Å². The van der Waals surface area contributed by atoms with Crippen molar-refractivity contribution in [3.63, 3.8) is 0 Å². The van der Waals surface area contributed by atoms with E-state index < -0.39 is 0 Å². The maximum atomic E-state index is 12.9. The maximum Gasteiger partial charge on any atom is 0.166 e. The first kappa shape index (κ1) is 7.98. The number of carbonyl (C=O) groups excluding carboxylic acids is 1. The van der Waals surface area contributed by atoms with Gasteiger partial charge in [0.15, 0.2) is 6.29 Å². The number of halogens is 1. The van der Waals surface area contributed by atoms with E-state index >= 15 is 0 Å². The van der Waals surface area contributed by atoms with E-state index in [-0.39, 0.29) is 5.82 Å². The van der Waals surface area contributed by atoms with Gasteiger partial charge in [-0.2, -0.15) is 0 Å². The standard InChI is InChI=1S/C10H8FNO/c1-6-2-8(11)3-7-4-9(5-13)12-10(6)7/h2-5,12H,1H3. The van der Waals surface area contributed by atoms with Gasteiger partial charge in [-0.1, -0.05) is 0 Å². The predicted octanol–water partition coefficient (Wildman–Crippen LogP) is 2.43. The Bertz CT molecular complexity index is 473. The zero-order valence-electron chi connectivity index (χ0n) is 7.10. The average Bonchev–Trinajstić information content (AvgIpc) is 2.47. The molecule has 0 spiro atoms. The van der Waals surface area contributed by atoms with Gasteiger partial charge in [-0.15, -0.1) is 0 Å². The highest BCUT2D eigenvalue weighted by Gasteiger charge is 2.04. The van der Waals surface area contributed by atoms with Gasteiger partial charge in [-0.25, -0.2) is 4.39 Å². The number of aryl methyl sites for hydroxylation is 1. The number of hydrogen-bond acceptors (Lipinski definition) is 1. The molecule has 2 rings (SSSR count). The highest BCUT2D eigenvalue weighted by atomic mass is 19.1. The first-order chi connectivity index (χ1) is 6.20. The second-order valence-electron chi connectivity index (χ2n) is 3.03. The number of aromatic nitrogens is 1. The fraction of sp³-hybridized carbons (Fsp3) is 0.100. The summed E-state index contributed by atoms with van der Waals surface area (Å²) in [5.74, 6) is -0.276. The number of H-pyrrole nitrogens is 1. The number of carbonyl (C=O) groups is 1. The van der Waals surface area contributed by atoms with Crippen LogP contribution < -0.4 is 0 Å². The predicted molar refractivity (Wildman–Crippen MR) is 48.4 cm³/mol. The van der Waals surface area contributed by atoms with E-state index in [2.05, 4.69) is 4.98 Å². The quantitative estimate of drug-likeness (QED) is 0.666. The molecule has 1 aromatic carbocycles. The van der Waals surface area contributed by atoms with Crippen LogP contribution in [0.15, 0.2) is 18.2 Å². The molecule has 3 heteroatoms. The largest absolute Gasteiger partial charge is 0.352 e. The van der Waals surface area contributed by atoms with E-state index in [1.165, 1.54) is 12.1 Å². The molecule has 0 saturated carbocycles. The number of hydrogen-bond donors (Lipinski definition) is 1. The Balaban J connectivity index is 2.82. The lowest BCUT2D eigenvalue weighted by Gasteiger charge is -1.95. The van der Waals surface area contributed by atoms with Crippen molar-refractivity contribution in [1.29, 1.82) is 0 Å². The van der Waals surface area contributed by atoms with Gasteiger partial charge in [0.25, 0.3) is 0 Å². The highest BCUT2D eigenvalue weighted by Crippen LogP contribution is 2.19. The summed E-state index contributed by atoms with van der Waals surface area (Å²) in [6, 6.07) is 4.48. The molecule has 0 amide bonds. The second-order valence-corrected chi connectivity index (χ2v) is 3.03. The Kier molecular flexibility index (Phi) is 1.65. The SMILES string of the molecule is Cc1cc(F)cc2cc(C=O)[nH]c12. The molecular weight excluding hydrogens is 169 g/mol. The lowest BCUT2D eigenvalue weighted by atomic mass is 10.1. The molecule has 13 heavy (non-hydrogen) atoms. The maximum absolute atomic E-state index is 12.9. The van der Waals surface area contributed by atoms with Gasteiger partial charge < -0.3 is 4.98 Å². The summed E-state index contributed by atoms with van der Waals surface area (Å²) in [5.41, 5.74) is 2.11. The van der Waals surface area contributed by atoms with Crippen LogP contribution in [0.2, 0.25) is 0 Å². The van der Waals surface area contributed by atoms with Crippen molar-refractivity contribution in [2.24, 2.45) is 0 Å². The third-order valence-electron chi connectivity index (χ3n) is 2.04. The highest BCUT2D eigenvalue weighted by molar-refractivity contribution is 5.89. The molecular formula is C10H8FNO. The zero-order valence-corrected chi connectivity index (χ0v) is 7.10. The van der Waals surface area contributed by atoms with Crippen LogP contribution in [0.3, 0.4) is 0 Å². The van der Waals surface area contributed by atoms with Crippen LogP contribution in [0.25, 0.3) is 10.9 Å². The monoisotopic (exact) mass is 177 g/mol. The Hall–Kier alpha value is -1.64. The second kappa shape index (κ2) is 2.69. The van der Waals surface area contributed by atoms with Crippen LogP contribution >= 0.6 is 0 Å². The average molecular weight is 177 g/mol. The molecule has 0 atom stereocenters. The number of benzene rings is 1. The molecule has 0 fully saturated rings. The molecule has 0 aliphatic heterocycles. The van der Waals surface area contributed by atoms with E-state index in [0.29, 0.717) is 5.69 Å². The van der Waals surface area contributed by atoms with Crippen LogP contribution in [0, 0.1) is 12.7 Å². The molecule has 0 bridgehead atoms. The molecule has 0 aliphatic carbocycles. The Labute approximate surface area is 74.4 Å². The minimum Gasteiger partial charge on any atom is -0.352 e. The summed E-state index contributed by atoms with van der Waals surface area (Å²) in [6.45, 7) is 1.80. The zero-order chi connectivity index (χ0) is 9.42. The molecule has 66 valence electrons. The van der Waals surface area contributed by atoms with E-state index in [4.69, 9.17) is 0 Å². The Morgan fingerprint density at radius 2 is 2.15 bits per heavy atom. The number of rotatable bonds is 1. The number of aldehydes is 1. The molecule has 2 nitrogen and oxygen atoms in total. The lowest BCUT2D eigenvalue weighted by Crippen LogP contribution is -1.80. The number of nitrogens with one attached hydrogen (secondary N) is 1. The first-order valence-electron chi connectivity index (χ1n) is 3.95. The topological polar surface area (TPSA) is 32.9 Å². The number of aromatic amines is 1. The summed E-state index contributed by atoms with van der Waals surface area (Å²) in [5, 5.41) is 0.736. The van der Waals surface area contributed by atoms with Crippen LogP contribution in [0.5, 0.6) is 0 Å². The van der Waals surface area contributed by atoms with E-state index in [1.807, 2.05) is 0 Å². The molecule has 0 radical (unpaired) electrons. The molecule has 1 heterocycles. The third kappa shape index (κ3) is 1.22. The Morgan fingerprint density at radius 3 is 2.85 bits per heavy atom. The Morgan fingerprint density at radius 1 is 1.38 bits per heavy atom. The summed E-state index contributed by atoms with van der Waals surface area (Å²) in [6.07, 6.45) is 0.720. The summed E-state index contributed by atoms with van der Waals surface area (Å²) in [7, 11) is 0. The molecule has 0 aliphatic rings. The molecule has 2 aromatic rings. The van der Waals surface area contributed by atoms with E-state index in [9.17, 15) is 9.18 Å². The summed E-state index contributed by atoms with van der Waals surface area (Å²) >= 11 is 0. The molecule has 0 unspecified atom stereocenters. The van der Waals surface area contributed by atoms with Gasteiger partial charge >= 0.3 is 0 Å². The first-order valence-corrected chi connectivity index (χ1v) is 3.95. The van der Waals surface area contributed by atoms with Gasteiger partial charge in [-0.3, -0.25) is 4.79 Å². The minimum absolute atomic E-state index is 0.276. The smallest absolute Gasteiger partial charge is 0.166 e. The van der Waals surface area contributed by atoms with E-state index in [1.54, 1.807) is 13.0 Å². The molecule has 0 saturated heterocycles. The van der Waals surface area contributed by atoms with Crippen molar-refractivity contribution in [1.82, 2.24) is 4.98 Å². The van der Waals surface area contributed by atoms with Crippen molar-refractivity contribution in [2.45, 2.75) is 6.92 Å². The normalized spacial score (nSPS) is 10.6. The van der Waals surface area contributed by atoms with Gasteiger partial charge in [0.2, 0.25) is 0 Å². The van der Waals surface area contributed by atoms with Crippen molar-refractivity contribution in [3.8, 4) is 0 Å². The van der Waals surface area contributed by atoms with Crippen LogP contribution in [0.4, 0.5) is 4.39 Å². The lowest BCUT2D eigenvalue weighted by molar-refractivity contribution is 0.112. The number of fused-ring (bicyclic) bond motifs is 1. The molecule has 1 N–H and O–H groups in total. The summed E-state index contributed by atoms with van der Waals surface area (Å²) < 4.78 is 12.9. The van der Waals surface area contributed by atoms with Crippen molar-refractivity contribution < 1.29 is 9.18 Å². The van der Waals surface area contributed by atoms with Gasteiger partial charge in [-0.05, 0) is 30.7 Å². The van der Waals surface area contributed by atoms with Crippen LogP contribution in [-0.2, 0) is 0 Å². The summed E-state index contributed by atoms with van der Waals surface area (Å²) in [4.78, 5) is 13.4. The fourth-order valence-corrected chi connectivity index (χ4v) is 1.47. The third-order valence-corrected chi connectivity index (χ3v) is 2.04. The van der Waals surface area contributed by atoms with Gasteiger partial charge in [0.05, 0.1) is 5.69 Å². The fourth-order valence-electron chi connectivity index (χ4n) is 1.47. The van der Waals surface area contributed by atoms with Gasteiger partial charge in [0, 0.05) is 10.9 Å². The van der Waals surface area contributed by atoms with E-state index in [0.717, 1.165) is 22.8 Å².